The van der Waals surface area contributed by atoms with Gasteiger partial charge in [0.05, 0.1) is 6.10 Å². The molecular weight excluding hydrogens is 290 g/mol. The van der Waals surface area contributed by atoms with E-state index >= 15 is 0 Å². The van der Waals surface area contributed by atoms with E-state index in [1.165, 1.54) is 18.1 Å². The molecule has 1 heterocycles. The van der Waals surface area contributed by atoms with E-state index in [1.807, 2.05) is 18.2 Å². The molecule has 4 nitrogen and oxygen atoms in total. The van der Waals surface area contributed by atoms with Crippen molar-refractivity contribution in [2.45, 2.75) is 23.1 Å². The maximum atomic E-state index is 9.49. The fourth-order valence-electron chi connectivity index (χ4n) is 1.27. The lowest BCUT2D eigenvalue weighted by Gasteiger charge is -2.08. The van der Waals surface area contributed by atoms with Crippen molar-refractivity contribution in [2.24, 2.45) is 0 Å². The highest BCUT2D eigenvalue weighted by atomic mass is 79.9. The Morgan fingerprint density at radius 1 is 1.50 bits per heavy atom. The fraction of sp³-hybridized carbons (Fsp3) is 0.200. The van der Waals surface area contributed by atoms with Gasteiger partial charge >= 0.3 is 0 Å². The van der Waals surface area contributed by atoms with E-state index in [2.05, 4.69) is 31.1 Å². The molecular formula is C10H10BrN3OS. The van der Waals surface area contributed by atoms with E-state index in [0.29, 0.717) is 0 Å². The van der Waals surface area contributed by atoms with Gasteiger partial charge in [0.25, 0.3) is 0 Å². The number of rotatable bonds is 3. The first-order chi connectivity index (χ1) is 7.66. The van der Waals surface area contributed by atoms with Crippen molar-refractivity contribution in [3.8, 4) is 0 Å². The molecule has 0 radical (unpaired) electrons. The Balaban J connectivity index is 2.21. The molecule has 0 aliphatic carbocycles. The Labute approximate surface area is 106 Å². The molecule has 84 valence electrons. The van der Waals surface area contributed by atoms with Gasteiger partial charge in [-0.05, 0) is 24.6 Å². The van der Waals surface area contributed by atoms with Crippen LogP contribution in [-0.2, 0) is 0 Å². The average molecular weight is 300 g/mol. The van der Waals surface area contributed by atoms with Gasteiger partial charge in [0.2, 0.25) is 0 Å². The number of H-pyrrole nitrogens is 1. The van der Waals surface area contributed by atoms with Crippen LogP contribution in [0.1, 0.15) is 18.6 Å². The Hall–Kier alpha value is -0.850. The van der Waals surface area contributed by atoms with Crippen LogP contribution < -0.4 is 0 Å². The SMILES string of the molecule is C[C@H](O)c1ccc(Sc2ncn[nH]2)cc1Br. The molecule has 0 saturated carbocycles. The number of aliphatic hydroxyl groups is 1. The predicted octanol–water partition coefficient (Wildman–Crippen LogP) is 2.77. The first-order valence-corrected chi connectivity index (χ1v) is 6.28. The summed E-state index contributed by atoms with van der Waals surface area (Å²) < 4.78 is 0.895. The van der Waals surface area contributed by atoms with Crippen LogP contribution in [0.4, 0.5) is 0 Å². The molecule has 6 heteroatoms. The Morgan fingerprint density at radius 2 is 2.31 bits per heavy atom. The van der Waals surface area contributed by atoms with Crippen molar-refractivity contribution in [1.82, 2.24) is 15.2 Å². The minimum Gasteiger partial charge on any atom is -0.389 e. The summed E-state index contributed by atoms with van der Waals surface area (Å²) in [6, 6.07) is 5.79. The monoisotopic (exact) mass is 299 g/mol. The number of hydrogen-bond acceptors (Lipinski definition) is 4. The second-order valence-electron chi connectivity index (χ2n) is 3.25. The average Bonchev–Trinajstić information content (AvgIpc) is 2.70. The normalized spacial score (nSPS) is 12.7. The van der Waals surface area contributed by atoms with Crippen LogP contribution in [0.5, 0.6) is 0 Å². The van der Waals surface area contributed by atoms with Crippen LogP contribution in [0, 0.1) is 0 Å². The number of hydrogen-bond donors (Lipinski definition) is 2. The smallest absolute Gasteiger partial charge is 0.188 e. The number of aliphatic hydroxyl groups excluding tert-OH is 1. The van der Waals surface area contributed by atoms with Crippen LogP contribution in [-0.4, -0.2) is 20.3 Å². The van der Waals surface area contributed by atoms with Gasteiger partial charge < -0.3 is 5.11 Å². The summed E-state index contributed by atoms with van der Waals surface area (Å²) in [5, 5.41) is 16.8. The van der Waals surface area contributed by atoms with E-state index in [9.17, 15) is 5.11 Å². The highest BCUT2D eigenvalue weighted by molar-refractivity contribution is 9.10. The largest absolute Gasteiger partial charge is 0.389 e. The minimum atomic E-state index is -0.473. The highest BCUT2D eigenvalue weighted by Gasteiger charge is 2.08. The maximum Gasteiger partial charge on any atom is 0.188 e. The van der Waals surface area contributed by atoms with Gasteiger partial charge in [-0.3, -0.25) is 5.10 Å². The number of aromatic nitrogens is 3. The minimum absolute atomic E-state index is 0.473. The molecule has 1 atom stereocenters. The zero-order chi connectivity index (χ0) is 11.5. The Bertz CT molecular complexity index is 473. The van der Waals surface area contributed by atoms with Crippen LogP contribution in [0.25, 0.3) is 0 Å². The first-order valence-electron chi connectivity index (χ1n) is 4.67. The maximum absolute atomic E-state index is 9.49. The summed E-state index contributed by atoms with van der Waals surface area (Å²) in [7, 11) is 0. The molecule has 0 amide bonds. The van der Waals surface area contributed by atoms with Gasteiger partial charge in [0.15, 0.2) is 5.16 Å². The molecule has 0 spiro atoms. The van der Waals surface area contributed by atoms with Crippen molar-refractivity contribution >= 4 is 27.7 Å². The van der Waals surface area contributed by atoms with Crippen molar-refractivity contribution in [3.63, 3.8) is 0 Å². The van der Waals surface area contributed by atoms with Crippen molar-refractivity contribution in [2.75, 3.05) is 0 Å². The van der Waals surface area contributed by atoms with E-state index in [0.717, 1.165) is 20.1 Å². The third-order valence-corrected chi connectivity index (χ3v) is 3.60. The molecule has 1 aromatic carbocycles. The van der Waals surface area contributed by atoms with E-state index in [1.54, 1.807) is 6.92 Å². The molecule has 0 saturated heterocycles. The van der Waals surface area contributed by atoms with Gasteiger partial charge in [0.1, 0.15) is 6.33 Å². The summed E-state index contributed by atoms with van der Waals surface area (Å²) in [5.41, 5.74) is 0.877. The van der Waals surface area contributed by atoms with Crippen molar-refractivity contribution in [1.29, 1.82) is 0 Å². The van der Waals surface area contributed by atoms with Crippen LogP contribution >= 0.6 is 27.7 Å². The second-order valence-corrected chi connectivity index (χ2v) is 5.17. The van der Waals surface area contributed by atoms with E-state index in [4.69, 9.17) is 0 Å². The standard InChI is InChI=1S/C10H10BrN3OS/c1-6(15)8-3-2-7(4-9(8)11)16-10-12-5-13-14-10/h2-6,15H,1H3,(H,12,13,14)/t6-/m0/s1. The molecule has 0 bridgehead atoms. The zero-order valence-corrected chi connectivity index (χ0v) is 10.9. The topological polar surface area (TPSA) is 61.8 Å². The lowest BCUT2D eigenvalue weighted by molar-refractivity contribution is 0.198. The number of nitrogens with zero attached hydrogens (tertiary/aromatic N) is 2. The molecule has 16 heavy (non-hydrogen) atoms. The lowest BCUT2D eigenvalue weighted by atomic mass is 10.1. The number of nitrogens with one attached hydrogen (secondary N) is 1. The summed E-state index contributed by atoms with van der Waals surface area (Å²) in [6.45, 7) is 1.74. The zero-order valence-electron chi connectivity index (χ0n) is 8.51. The van der Waals surface area contributed by atoms with Gasteiger partial charge in [0, 0.05) is 9.37 Å². The highest BCUT2D eigenvalue weighted by Crippen LogP contribution is 2.31. The molecule has 2 aromatic rings. The summed E-state index contributed by atoms with van der Waals surface area (Å²) in [5.74, 6) is 0. The van der Waals surface area contributed by atoms with Crippen molar-refractivity contribution < 1.29 is 5.11 Å². The quantitative estimate of drug-likeness (QED) is 0.915. The van der Waals surface area contributed by atoms with Crippen LogP contribution in [0.15, 0.2) is 39.1 Å². The number of halogens is 1. The molecule has 2 N–H and O–H groups in total. The lowest BCUT2D eigenvalue weighted by Crippen LogP contribution is -1.92. The molecule has 0 fully saturated rings. The summed E-state index contributed by atoms with van der Waals surface area (Å²) in [4.78, 5) is 5.07. The first kappa shape index (κ1) is 11.6. The van der Waals surface area contributed by atoms with Gasteiger partial charge in [-0.2, -0.15) is 5.10 Å². The number of aromatic amines is 1. The van der Waals surface area contributed by atoms with Crippen LogP contribution in [0.2, 0.25) is 0 Å². The van der Waals surface area contributed by atoms with Crippen molar-refractivity contribution in [3.05, 3.63) is 34.6 Å². The Morgan fingerprint density at radius 3 is 2.88 bits per heavy atom. The molecule has 1 aromatic heterocycles. The second kappa shape index (κ2) is 4.99. The molecule has 0 aliphatic rings. The van der Waals surface area contributed by atoms with Gasteiger partial charge in [-0.1, -0.05) is 33.8 Å². The van der Waals surface area contributed by atoms with E-state index in [-0.39, 0.29) is 0 Å². The third-order valence-electron chi connectivity index (χ3n) is 2.03. The van der Waals surface area contributed by atoms with Gasteiger partial charge in [-0.25, -0.2) is 4.98 Å². The Kier molecular flexibility index (Phi) is 3.63. The van der Waals surface area contributed by atoms with E-state index < -0.39 is 6.10 Å². The van der Waals surface area contributed by atoms with Gasteiger partial charge in [-0.15, -0.1) is 0 Å². The summed E-state index contributed by atoms with van der Waals surface area (Å²) >= 11 is 4.92. The predicted molar refractivity (Wildman–Crippen MR) is 65.3 cm³/mol. The number of benzene rings is 1. The molecule has 2 rings (SSSR count). The summed E-state index contributed by atoms with van der Waals surface area (Å²) in [6.07, 6.45) is 1.00. The molecule has 0 unspecified atom stereocenters. The van der Waals surface area contributed by atoms with Crippen LogP contribution in [0.3, 0.4) is 0 Å². The molecule has 0 aliphatic heterocycles. The fourth-order valence-corrected chi connectivity index (χ4v) is 2.86. The third kappa shape index (κ3) is 2.63.